The highest BCUT2D eigenvalue weighted by Gasteiger charge is 2.53. The smallest absolute Gasteiger partial charge is 0.167 e. The van der Waals surface area contributed by atoms with Crippen LogP contribution < -0.4 is 0 Å². The summed E-state index contributed by atoms with van der Waals surface area (Å²) in [5.74, 6) is -2.52. The summed E-state index contributed by atoms with van der Waals surface area (Å²) in [5.41, 5.74) is 1.79. The third-order valence-corrected chi connectivity index (χ3v) is 8.17. The zero-order valence-corrected chi connectivity index (χ0v) is 18.3. The van der Waals surface area contributed by atoms with E-state index in [0.29, 0.717) is 22.3 Å². The number of carbonyl (C=O) groups excluding carboxylic acids is 4. The molecule has 34 heavy (non-hydrogen) atoms. The molecule has 4 aromatic carbocycles. The Hall–Kier alpha value is -3.92. The minimum absolute atomic E-state index is 0.0756. The van der Waals surface area contributed by atoms with Crippen LogP contribution in [-0.4, -0.2) is 23.1 Å². The van der Waals surface area contributed by atoms with Crippen molar-refractivity contribution < 1.29 is 19.2 Å². The highest BCUT2D eigenvalue weighted by molar-refractivity contribution is 6.21. The van der Waals surface area contributed by atoms with E-state index < -0.39 is 23.7 Å². The molecule has 1 saturated carbocycles. The van der Waals surface area contributed by atoms with Crippen molar-refractivity contribution >= 4 is 44.7 Å². The van der Waals surface area contributed by atoms with E-state index >= 15 is 0 Å². The van der Waals surface area contributed by atoms with Gasteiger partial charge in [-0.05, 0) is 58.7 Å². The number of ketones is 4. The van der Waals surface area contributed by atoms with Crippen molar-refractivity contribution in [2.24, 2.45) is 23.7 Å². The monoisotopic (exact) mass is 444 g/mol. The molecule has 0 unspecified atom stereocenters. The summed E-state index contributed by atoms with van der Waals surface area (Å²) < 4.78 is 0. The van der Waals surface area contributed by atoms with Gasteiger partial charge in [-0.2, -0.15) is 0 Å². The van der Waals surface area contributed by atoms with Gasteiger partial charge in [-0.1, -0.05) is 48.5 Å². The molecule has 0 saturated heterocycles. The largest absolute Gasteiger partial charge is 0.294 e. The van der Waals surface area contributed by atoms with Crippen LogP contribution in [0.5, 0.6) is 0 Å². The Kier molecular flexibility index (Phi) is 3.91. The van der Waals surface area contributed by atoms with Gasteiger partial charge in [0.05, 0.1) is 0 Å². The topological polar surface area (TPSA) is 68.3 Å². The first-order valence-corrected chi connectivity index (χ1v) is 11.7. The lowest BCUT2D eigenvalue weighted by molar-refractivity contribution is 0.0439. The minimum Gasteiger partial charge on any atom is -0.294 e. The maximum Gasteiger partial charge on any atom is 0.167 e. The van der Waals surface area contributed by atoms with Crippen LogP contribution in [0, 0.1) is 23.7 Å². The molecule has 0 bridgehead atoms. The first kappa shape index (κ1) is 19.5. The molecular formula is C30H20O4. The minimum atomic E-state index is -0.554. The highest BCUT2D eigenvalue weighted by Crippen LogP contribution is 2.49. The molecule has 7 rings (SSSR count). The van der Waals surface area contributed by atoms with Crippen LogP contribution in [0.3, 0.4) is 0 Å². The lowest BCUT2D eigenvalue weighted by atomic mass is 9.57. The molecule has 0 amide bonds. The van der Waals surface area contributed by atoms with Crippen molar-refractivity contribution in [1.82, 2.24) is 0 Å². The second-order valence-electron chi connectivity index (χ2n) is 9.84. The lowest BCUT2D eigenvalue weighted by Gasteiger charge is -2.43. The molecule has 1 fully saturated rings. The van der Waals surface area contributed by atoms with Crippen molar-refractivity contribution in [3.05, 3.63) is 95.1 Å². The average Bonchev–Trinajstić information content (AvgIpc) is 2.88. The molecule has 3 aliphatic carbocycles. The van der Waals surface area contributed by atoms with Gasteiger partial charge in [0.2, 0.25) is 0 Å². The van der Waals surface area contributed by atoms with E-state index in [2.05, 4.69) is 0 Å². The zero-order chi connectivity index (χ0) is 23.1. The first-order chi connectivity index (χ1) is 16.5. The molecule has 0 heterocycles. The third-order valence-electron chi connectivity index (χ3n) is 8.17. The molecule has 0 radical (unpaired) electrons. The van der Waals surface area contributed by atoms with Gasteiger partial charge in [0.15, 0.2) is 23.1 Å². The van der Waals surface area contributed by atoms with Gasteiger partial charge < -0.3 is 0 Å². The number of hydrogen-bond acceptors (Lipinski definition) is 4. The van der Waals surface area contributed by atoms with Gasteiger partial charge in [0, 0.05) is 45.9 Å². The molecule has 0 spiro atoms. The molecule has 0 N–H and O–H groups in total. The van der Waals surface area contributed by atoms with Gasteiger partial charge in [0.25, 0.3) is 0 Å². The Morgan fingerprint density at radius 2 is 0.647 bits per heavy atom. The van der Waals surface area contributed by atoms with Crippen LogP contribution in [-0.2, 0) is 0 Å². The van der Waals surface area contributed by atoms with E-state index in [9.17, 15) is 19.2 Å². The van der Waals surface area contributed by atoms with Crippen molar-refractivity contribution in [2.45, 2.75) is 12.8 Å². The number of benzene rings is 4. The van der Waals surface area contributed by atoms with Crippen LogP contribution in [0.15, 0.2) is 72.8 Å². The maximum absolute atomic E-state index is 13.6. The summed E-state index contributed by atoms with van der Waals surface area (Å²) in [6, 6.07) is 22.6. The van der Waals surface area contributed by atoms with E-state index in [1.54, 1.807) is 0 Å². The summed E-state index contributed by atoms with van der Waals surface area (Å²) in [5, 5.41) is 3.66. The molecule has 4 aromatic rings. The normalized spacial score (nSPS) is 25.6. The van der Waals surface area contributed by atoms with Crippen LogP contribution in [0.1, 0.15) is 54.3 Å². The average molecular weight is 444 g/mol. The fourth-order valence-electron chi connectivity index (χ4n) is 6.46. The molecule has 4 atom stereocenters. The second-order valence-corrected chi connectivity index (χ2v) is 9.84. The number of Topliss-reactive ketones (excluding diaryl/α,β-unsaturated/α-hetero) is 4. The summed E-state index contributed by atoms with van der Waals surface area (Å²) in [6.45, 7) is 0. The Labute approximate surface area is 195 Å². The Balaban J connectivity index is 1.33. The van der Waals surface area contributed by atoms with Gasteiger partial charge in [-0.25, -0.2) is 0 Å². The standard InChI is InChI=1S/C30H20O4/c31-27-19-9-15-5-1-2-6-16(15)10-20(19)28(32)24-14-26-25(13-23(24)27)29(33)21-11-17-7-3-4-8-18(17)12-22(21)30(26)34/h1-12,23-26H,13-14H2/t23-,24+,25+,26-. The zero-order valence-electron chi connectivity index (χ0n) is 18.3. The fourth-order valence-corrected chi connectivity index (χ4v) is 6.46. The summed E-state index contributed by atoms with van der Waals surface area (Å²) in [7, 11) is 0. The van der Waals surface area contributed by atoms with Gasteiger partial charge in [-0.3, -0.25) is 19.2 Å². The Morgan fingerprint density at radius 3 is 0.882 bits per heavy atom. The molecule has 164 valence electrons. The predicted molar refractivity (Wildman–Crippen MR) is 128 cm³/mol. The van der Waals surface area contributed by atoms with Gasteiger partial charge >= 0.3 is 0 Å². The number of fused-ring (bicyclic) bond motifs is 6. The van der Waals surface area contributed by atoms with Crippen molar-refractivity contribution in [3.63, 3.8) is 0 Å². The molecule has 0 aromatic heterocycles. The molecule has 4 nitrogen and oxygen atoms in total. The van der Waals surface area contributed by atoms with Gasteiger partial charge in [0.1, 0.15) is 0 Å². The Bertz CT molecular complexity index is 1370. The number of rotatable bonds is 0. The van der Waals surface area contributed by atoms with Crippen molar-refractivity contribution in [2.75, 3.05) is 0 Å². The molecule has 0 aliphatic heterocycles. The maximum atomic E-state index is 13.6. The Morgan fingerprint density at radius 1 is 0.412 bits per heavy atom. The van der Waals surface area contributed by atoms with Crippen molar-refractivity contribution in [1.29, 1.82) is 0 Å². The van der Waals surface area contributed by atoms with E-state index in [-0.39, 0.29) is 36.0 Å². The quantitative estimate of drug-likeness (QED) is 0.348. The summed E-state index contributed by atoms with van der Waals surface area (Å²) >= 11 is 0. The number of carbonyl (C=O) groups is 4. The highest BCUT2D eigenvalue weighted by atomic mass is 16.2. The van der Waals surface area contributed by atoms with Crippen LogP contribution in [0.25, 0.3) is 21.5 Å². The first-order valence-electron chi connectivity index (χ1n) is 11.7. The second kappa shape index (κ2) is 6.80. The number of hydrogen-bond donors (Lipinski definition) is 0. The van der Waals surface area contributed by atoms with E-state index in [4.69, 9.17) is 0 Å². The molecular weight excluding hydrogens is 424 g/mol. The molecule has 4 heteroatoms. The summed E-state index contributed by atoms with van der Waals surface area (Å²) in [6.07, 6.45) is 0.506. The fraction of sp³-hybridized carbons (Fsp3) is 0.200. The lowest BCUT2D eigenvalue weighted by Crippen LogP contribution is -2.49. The van der Waals surface area contributed by atoms with Crippen molar-refractivity contribution in [3.8, 4) is 0 Å². The van der Waals surface area contributed by atoms with Crippen LogP contribution in [0.2, 0.25) is 0 Å². The predicted octanol–water partition coefficient (Wildman–Crippen LogP) is 5.71. The van der Waals surface area contributed by atoms with Gasteiger partial charge in [-0.15, -0.1) is 0 Å². The SMILES string of the molecule is O=C1c2cc3ccccc3cc2C(=O)[C@@H]2C[C@@H]3C(=O)c4cc5ccccc5cc4C(=O)[C@@H]3C[C@H]12. The van der Waals surface area contributed by atoms with E-state index in [0.717, 1.165) is 21.5 Å². The van der Waals surface area contributed by atoms with E-state index in [1.807, 2.05) is 72.8 Å². The summed E-state index contributed by atoms with van der Waals surface area (Å²) in [4.78, 5) is 54.3. The van der Waals surface area contributed by atoms with Crippen LogP contribution >= 0.6 is 0 Å². The van der Waals surface area contributed by atoms with Crippen LogP contribution in [0.4, 0.5) is 0 Å². The third kappa shape index (κ3) is 2.54. The van der Waals surface area contributed by atoms with E-state index in [1.165, 1.54) is 0 Å². The molecule has 3 aliphatic rings.